The number of rotatable bonds is 6. The van der Waals surface area contributed by atoms with E-state index in [1.54, 1.807) is 7.11 Å². The van der Waals surface area contributed by atoms with Crippen molar-refractivity contribution in [2.45, 2.75) is 32.6 Å². The molecule has 0 N–H and O–H groups in total. The average Bonchev–Trinajstić information content (AvgIpc) is 2.29. The molecule has 1 nitrogen and oxygen atoms in total. The summed E-state index contributed by atoms with van der Waals surface area (Å²) in [6.45, 7) is 2.23. The zero-order valence-corrected chi connectivity index (χ0v) is 9.70. The smallest absolute Gasteiger partial charge is 0.119 e. The van der Waals surface area contributed by atoms with Gasteiger partial charge in [-0.25, -0.2) is 0 Å². The summed E-state index contributed by atoms with van der Waals surface area (Å²) in [5, 5.41) is 0. The Bertz CT molecular complexity index is 302. The van der Waals surface area contributed by atoms with Crippen LogP contribution in [-0.4, -0.2) is 7.11 Å². The Balaban J connectivity index is 2.41. The molecule has 0 aromatic heterocycles. The summed E-state index contributed by atoms with van der Waals surface area (Å²) >= 11 is 0. The third-order valence-electron chi connectivity index (χ3n) is 2.38. The van der Waals surface area contributed by atoms with Crippen LogP contribution in [0.5, 0.6) is 5.75 Å². The van der Waals surface area contributed by atoms with Gasteiger partial charge in [-0.15, -0.1) is 0 Å². The Morgan fingerprint density at radius 1 is 1.27 bits per heavy atom. The number of ether oxygens (including phenoxy) is 1. The first-order chi connectivity index (χ1) is 7.36. The number of allylic oxidation sites excluding steroid dienone is 1. The molecular weight excluding hydrogens is 184 g/mol. The van der Waals surface area contributed by atoms with Crippen molar-refractivity contribution in [1.82, 2.24) is 0 Å². The third-order valence-corrected chi connectivity index (χ3v) is 2.38. The van der Waals surface area contributed by atoms with Gasteiger partial charge in [0.15, 0.2) is 0 Å². The van der Waals surface area contributed by atoms with Crippen LogP contribution in [0.15, 0.2) is 30.3 Å². The van der Waals surface area contributed by atoms with Crippen LogP contribution in [0.4, 0.5) is 0 Å². The fourth-order valence-corrected chi connectivity index (χ4v) is 1.48. The Morgan fingerprint density at radius 2 is 2.13 bits per heavy atom. The van der Waals surface area contributed by atoms with Crippen molar-refractivity contribution in [2.24, 2.45) is 0 Å². The zero-order chi connectivity index (χ0) is 10.9. The number of hydrogen-bond acceptors (Lipinski definition) is 1. The van der Waals surface area contributed by atoms with E-state index in [-0.39, 0.29) is 0 Å². The van der Waals surface area contributed by atoms with Crippen LogP contribution in [-0.2, 0) is 0 Å². The number of hydrogen-bond donors (Lipinski definition) is 0. The van der Waals surface area contributed by atoms with E-state index >= 15 is 0 Å². The summed E-state index contributed by atoms with van der Waals surface area (Å²) < 4.78 is 5.17. The number of benzene rings is 1. The average molecular weight is 204 g/mol. The summed E-state index contributed by atoms with van der Waals surface area (Å²) in [7, 11) is 1.70. The van der Waals surface area contributed by atoms with E-state index in [2.05, 4.69) is 31.2 Å². The van der Waals surface area contributed by atoms with Gasteiger partial charge >= 0.3 is 0 Å². The van der Waals surface area contributed by atoms with Gasteiger partial charge in [0.1, 0.15) is 5.75 Å². The Kier molecular flexibility index (Phi) is 5.60. The van der Waals surface area contributed by atoms with E-state index in [1.807, 2.05) is 12.1 Å². The molecule has 0 fully saturated rings. The fourth-order valence-electron chi connectivity index (χ4n) is 1.48. The van der Waals surface area contributed by atoms with Gasteiger partial charge in [-0.05, 0) is 30.5 Å². The van der Waals surface area contributed by atoms with Crippen molar-refractivity contribution in [3.05, 3.63) is 35.9 Å². The molecule has 0 saturated heterocycles. The standard InChI is InChI=1S/C14H20O/c1-3-4-5-6-7-9-13-10-8-11-14(12-13)15-2/h7-12H,3-6H2,1-2H3/b9-7+. The Labute approximate surface area is 92.8 Å². The molecule has 0 aliphatic carbocycles. The van der Waals surface area contributed by atoms with E-state index in [0.29, 0.717) is 0 Å². The molecule has 1 rings (SSSR count). The van der Waals surface area contributed by atoms with Crippen molar-refractivity contribution in [1.29, 1.82) is 0 Å². The van der Waals surface area contributed by atoms with Crippen LogP contribution in [0.2, 0.25) is 0 Å². The van der Waals surface area contributed by atoms with Crippen LogP contribution in [0.1, 0.15) is 38.2 Å². The molecule has 0 aliphatic heterocycles. The van der Waals surface area contributed by atoms with E-state index in [0.717, 1.165) is 5.75 Å². The van der Waals surface area contributed by atoms with Gasteiger partial charge in [0.2, 0.25) is 0 Å². The minimum Gasteiger partial charge on any atom is -0.497 e. The summed E-state index contributed by atoms with van der Waals surface area (Å²) in [6.07, 6.45) is 9.47. The second-order valence-electron chi connectivity index (χ2n) is 3.67. The molecule has 15 heavy (non-hydrogen) atoms. The van der Waals surface area contributed by atoms with E-state index in [9.17, 15) is 0 Å². The minimum atomic E-state index is 0.922. The van der Waals surface area contributed by atoms with Crippen LogP contribution in [0.3, 0.4) is 0 Å². The molecule has 0 spiro atoms. The molecule has 0 unspecified atom stereocenters. The SMILES string of the molecule is CCCCC/C=C/c1cccc(OC)c1. The lowest BCUT2D eigenvalue weighted by Crippen LogP contribution is -1.82. The third kappa shape index (κ3) is 4.68. The van der Waals surface area contributed by atoms with Crippen molar-refractivity contribution < 1.29 is 4.74 Å². The van der Waals surface area contributed by atoms with Crippen molar-refractivity contribution >= 4 is 6.08 Å². The number of methoxy groups -OCH3 is 1. The van der Waals surface area contributed by atoms with Gasteiger partial charge in [-0.1, -0.05) is 44.1 Å². The molecule has 0 atom stereocenters. The Morgan fingerprint density at radius 3 is 2.87 bits per heavy atom. The first kappa shape index (κ1) is 11.8. The van der Waals surface area contributed by atoms with E-state index < -0.39 is 0 Å². The van der Waals surface area contributed by atoms with Crippen molar-refractivity contribution in [3.63, 3.8) is 0 Å². The molecule has 0 radical (unpaired) electrons. The maximum Gasteiger partial charge on any atom is 0.119 e. The molecule has 0 heterocycles. The lowest BCUT2D eigenvalue weighted by Gasteiger charge is -1.99. The van der Waals surface area contributed by atoms with E-state index in [1.165, 1.54) is 31.2 Å². The van der Waals surface area contributed by atoms with E-state index in [4.69, 9.17) is 4.74 Å². The molecular formula is C14H20O. The maximum atomic E-state index is 5.17. The van der Waals surface area contributed by atoms with Crippen molar-refractivity contribution in [3.8, 4) is 5.75 Å². The van der Waals surface area contributed by atoms with Gasteiger partial charge in [0.05, 0.1) is 7.11 Å². The molecule has 0 saturated carbocycles. The summed E-state index contributed by atoms with van der Waals surface area (Å²) in [5.74, 6) is 0.922. The van der Waals surface area contributed by atoms with Gasteiger partial charge in [0, 0.05) is 0 Å². The highest BCUT2D eigenvalue weighted by Gasteiger charge is 1.90. The summed E-state index contributed by atoms with van der Waals surface area (Å²) in [5.41, 5.74) is 1.21. The highest BCUT2D eigenvalue weighted by atomic mass is 16.5. The zero-order valence-electron chi connectivity index (χ0n) is 9.70. The maximum absolute atomic E-state index is 5.17. The minimum absolute atomic E-state index is 0.922. The predicted molar refractivity (Wildman–Crippen MR) is 66.2 cm³/mol. The van der Waals surface area contributed by atoms with Gasteiger partial charge < -0.3 is 4.74 Å². The predicted octanol–water partition coefficient (Wildman–Crippen LogP) is 4.29. The summed E-state index contributed by atoms with van der Waals surface area (Å²) in [6, 6.07) is 8.13. The molecule has 1 heteroatoms. The van der Waals surface area contributed by atoms with Crippen LogP contribution in [0, 0.1) is 0 Å². The first-order valence-corrected chi connectivity index (χ1v) is 5.67. The van der Waals surface area contributed by atoms with Gasteiger partial charge in [0.25, 0.3) is 0 Å². The van der Waals surface area contributed by atoms with Crippen LogP contribution >= 0.6 is 0 Å². The number of unbranched alkanes of at least 4 members (excludes halogenated alkanes) is 3. The summed E-state index contributed by atoms with van der Waals surface area (Å²) in [4.78, 5) is 0. The highest BCUT2D eigenvalue weighted by Crippen LogP contribution is 2.14. The fraction of sp³-hybridized carbons (Fsp3) is 0.429. The molecule has 82 valence electrons. The van der Waals surface area contributed by atoms with Crippen molar-refractivity contribution in [2.75, 3.05) is 7.11 Å². The monoisotopic (exact) mass is 204 g/mol. The van der Waals surface area contributed by atoms with Crippen LogP contribution < -0.4 is 4.74 Å². The second-order valence-corrected chi connectivity index (χ2v) is 3.67. The molecule has 1 aromatic rings. The molecule has 0 amide bonds. The van der Waals surface area contributed by atoms with Gasteiger partial charge in [-0.2, -0.15) is 0 Å². The normalized spacial score (nSPS) is 10.8. The van der Waals surface area contributed by atoms with Gasteiger partial charge in [-0.3, -0.25) is 0 Å². The largest absolute Gasteiger partial charge is 0.497 e. The second kappa shape index (κ2) is 7.10. The molecule has 0 aliphatic rings. The first-order valence-electron chi connectivity index (χ1n) is 5.67. The quantitative estimate of drug-likeness (QED) is 0.628. The lowest BCUT2D eigenvalue weighted by molar-refractivity contribution is 0.414. The topological polar surface area (TPSA) is 9.23 Å². The molecule has 1 aromatic carbocycles. The Hall–Kier alpha value is -1.24. The lowest BCUT2D eigenvalue weighted by atomic mass is 10.1. The highest BCUT2D eigenvalue weighted by molar-refractivity contribution is 5.51. The molecule has 0 bridgehead atoms. The van der Waals surface area contributed by atoms with Crippen LogP contribution in [0.25, 0.3) is 6.08 Å².